The normalized spacial score (nSPS) is 12.3. The van der Waals surface area contributed by atoms with E-state index in [2.05, 4.69) is 39.9 Å². The monoisotopic (exact) mass is 295 g/mol. The average Bonchev–Trinajstić information content (AvgIpc) is 2.37. The summed E-state index contributed by atoms with van der Waals surface area (Å²) in [5, 5.41) is 0.260. The number of rotatable bonds is 7. The Hall–Kier alpha value is -1.00. The van der Waals surface area contributed by atoms with Crippen molar-refractivity contribution in [1.82, 2.24) is 0 Å². The third-order valence-corrected chi connectivity index (χ3v) is 8.33. The number of methoxy groups -OCH3 is 1. The minimum Gasteiger partial charge on any atom is -0.496 e. The first-order valence-corrected chi connectivity index (χ1v) is 9.99. The van der Waals surface area contributed by atoms with Crippen LogP contribution in [-0.4, -0.2) is 28.6 Å². The molecule has 0 saturated heterocycles. The smallest absolute Gasteiger partial charge is 0.191 e. The van der Waals surface area contributed by atoms with Gasteiger partial charge < -0.3 is 13.9 Å². The van der Waals surface area contributed by atoms with Crippen LogP contribution in [0.4, 0.5) is 0 Å². The summed E-state index contributed by atoms with van der Waals surface area (Å²) in [5.74, 6) is 1.51. The predicted molar refractivity (Wildman–Crippen MR) is 85.1 cm³/mol. The molecule has 0 aliphatic rings. The van der Waals surface area contributed by atoms with Crippen LogP contribution in [-0.2, 0) is 4.43 Å². The summed E-state index contributed by atoms with van der Waals surface area (Å²) in [6.07, 6.45) is 0.896. The summed E-state index contributed by atoms with van der Waals surface area (Å²) in [6, 6.07) is 8.51. The molecule has 0 unspecified atom stereocenters. The van der Waals surface area contributed by atoms with E-state index in [1.54, 1.807) is 13.2 Å². The van der Waals surface area contributed by atoms with Gasteiger partial charge in [-0.15, -0.1) is 0 Å². The molecule has 1 rings (SSSR count). The Bertz CT molecular complexity index is 410. The van der Waals surface area contributed by atoms with Crippen molar-refractivity contribution in [2.24, 2.45) is 0 Å². The van der Waals surface area contributed by atoms with Crippen LogP contribution in [0.5, 0.6) is 11.5 Å². The minimum atomic E-state index is -1.63. The zero-order valence-corrected chi connectivity index (χ0v) is 14.6. The Morgan fingerprint density at radius 1 is 1.20 bits per heavy atom. The molecular weight excluding hydrogens is 268 g/mol. The lowest BCUT2D eigenvalue weighted by atomic mass is 10.2. The molecule has 0 fully saturated rings. The van der Waals surface area contributed by atoms with Gasteiger partial charge in [0.05, 0.1) is 13.7 Å². The van der Waals surface area contributed by atoms with Crippen molar-refractivity contribution < 1.29 is 13.9 Å². The Kier molecular flexibility index (Phi) is 6.08. The van der Waals surface area contributed by atoms with Crippen LogP contribution in [0.15, 0.2) is 18.2 Å². The van der Waals surface area contributed by atoms with Crippen molar-refractivity contribution in [2.45, 2.75) is 45.3 Å². The highest BCUT2D eigenvalue weighted by atomic mass is 28.4. The van der Waals surface area contributed by atoms with Crippen molar-refractivity contribution in [2.75, 3.05) is 20.3 Å². The van der Waals surface area contributed by atoms with Crippen molar-refractivity contribution in [3.63, 3.8) is 0 Å². The SMILES string of the molecule is COc1[c]ccc(OCCCO[Si](C)(C)C(C)(C)C)c1. The molecule has 0 aliphatic carbocycles. The highest BCUT2D eigenvalue weighted by Crippen LogP contribution is 2.36. The van der Waals surface area contributed by atoms with Crippen LogP contribution in [0.3, 0.4) is 0 Å². The van der Waals surface area contributed by atoms with Gasteiger partial charge in [0.15, 0.2) is 8.32 Å². The summed E-state index contributed by atoms with van der Waals surface area (Å²) in [5.41, 5.74) is 0. The maximum atomic E-state index is 6.10. The Morgan fingerprint density at radius 3 is 2.50 bits per heavy atom. The number of ether oxygens (including phenoxy) is 2. The lowest BCUT2D eigenvalue weighted by Gasteiger charge is -2.36. The highest BCUT2D eigenvalue weighted by molar-refractivity contribution is 6.74. The zero-order valence-electron chi connectivity index (χ0n) is 13.6. The molecule has 0 atom stereocenters. The molecule has 0 N–H and O–H groups in total. The van der Waals surface area contributed by atoms with Gasteiger partial charge in [-0.1, -0.05) is 20.8 Å². The van der Waals surface area contributed by atoms with E-state index in [4.69, 9.17) is 13.9 Å². The molecule has 1 radical (unpaired) electrons. The van der Waals surface area contributed by atoms with Crippen LogP contribution in [0, 0.1) is 6.07 Å². The summed E-state index contributed by atoms with van der Waals surface area (Å²) in [4.78, 5) is 0. The van der Waals surface area contributed by atoms with E-state index >= 15 is 0 Å². The first kappa shape index (κ1) is 17.0. The zero-order chi connectivity index (χ0) is 15.2. The second-order valence-corrected chi connectivity index (χ2v) is 11.2. The quantitative estimate of drug-likeness (QED) is 0.555. The van der Waals surface area contributed by atoms with Gasteiger partial charge in [0.1, 0.15) is 11.5 Å². The fourth-order valence-corrected chi connectivity index (χ4v) is 2.51. The second-order valence-electron chi connectivity index (χ2n) is 6.40. The van der Waals surface area contributed by atoms with Crippen LogP contribution in [0.1, 0.15) is 27.2 Å². The van der Waals surface area contributed by atoms with E-state index in [1.165, 1.54) is 0 Å². The third kappa shape index (κ3) is 5.17. The fraction of sp³-hybridized carbons (Fsp3) is 0.625. The lowest BCUT2D eigenvalue weighted by molar-refractivity contribution is 0.233. The minimum absolute atomic E-state index is 0.260. The van der Waals surface area contributed by atoms with Crippen molar-refractivity contribution in [3.8, 4) is 11.5 Å². The van der Waals surface area contributed by atoms with Crippen LogP contribution < -0.4 is 9.47 Å². The summed E-state index contributed by atoms with van der Waals surface area (Å²) in [7, 11) is -0.00182. The molecule has 0 saturated carbocycles. The first-order valence-electron chi connectivity index (χ1n) is 7.09. The van der Waals surface area contributed by atoms with Gasteiger partial charge in [0.25, 0.3) is 0 Å². The van der Waals surface area contributed by atoms with Gasteiger partial charge in [-0.3, -0.25) is 0 Å². The Labute approximate surface area is 124 Å². The van der Waals surface area contributed by atoms with Gasteiger partial charge in [-0.25, -0.2) is 0 Å². The molecule has 113 valence electrons. The van der Waals surface area contributed by atoms with Gasteiger partial charge in [-0.05, 0) is 30.3 Å². The highest BCUT2D eigenvalue weighted by Gasteiger charge is 2.36. The average molecular weight is 295 g/mol. The van der Waals surface area contributed by atoms with E-state index in [1.807, 2.05) is 12.1 Å². The molecule has 20 heavy (non-hydrogen) atoms. The van der Waals surface area contributed by atoms with E-state index in [-0.39, 0.29) is 5.04 Å². The van der Waals surface area contributed by atoms with E-state index in [9.17, 15) is 0 Å². The Morgan fingerprint density at radius 2 is 1.90 bits per heavy atom. The van der Waals surface area contributed by atoms with E-state index in [0.29, 0.717) is 12.4 Å². The van der Waals surface area contributed by atoms with E-state index < -0.39 is 8.32 Å². The number of hydrogen-bond acceptors (Lipinski definition) is 3. The standard InChI is InChI=1S/C16H27O3Si/c1-16(2,3)20(5,6)19-12-8-11-18-15-10-7-9-14(13-15)17-4/h7,10,13H,8,11-12H2,1-6H3. The summed E-state index contributed by atoms with van der Waals surface area (Å²) in [6.45, 7) is 12.7. The molecular formula is C16H27O3Si. The molecule has 4 heteroatoms. The molecule has 1 aromatic carbocycles. The van der Waals surface area contributed by atoms with Crippen molar-refractivity contribution in [1.29, 1.82) is 0 Å². The molecule has 0 aromatic heterocycles. The van der Waals surface area contributed by atoms with Crippen LogP contribution >= 0.6 is 0 Å². The molecule has 3 nitrogen and oxygen atoms in total. The fourth-order valence-electron chi connectivity index (χ4n) is 1.43. The molecule has 0 spiro atoms. The van der Waals surface area contributed by atoms with Crippen molar-refractivity contribution >= 4 is 8.32 Å². The second kappa shape index (κ2) is 7.13. The van der Waals surface area contributed by atoms with Crippen LogP contribution in [0.2, 0.25) is 18.1 Å². The molecule has 0 aliphatic heterocycles. The number of benzene rings is 1. The summed E-state index contributed by atoms with van der Waals surface area (Å²) < 4.78 is 16.9. The van der Waals surface area contributed by atoms with Gasteiger partial charge in [0, 0.05) is 25.2 Å². The molecule has 1 aromatic rings. The lowest BCUT2D eigenvalue weighted by Crippen LogP contribution is -2.41. The third-order valence-electron chi connectivity index (χ3n) is 3.79. The number of hydrogen-bond donors (Lipinski definition) is 0. The first-order chi connectivity index (χ1) is 9.26. The maximum absolute atomic E-state index is 6.10. The van der Waals surface area contributed by atoms with Crippen LogP contribution in [0.25, 0.3) is 0 Å². The predicted octanol–water partition coefficient (Wildman–Crippen LogP) is 4.29. The summed E-state index contributed by atoms with van der Waals surface area (Å²) >= 11 is 0. The van der Waals surface area contributed by atoms with E-state index in [0.717, 1.165) is 18.8 Å². The molecule has 0 bridgehead atoms. The van der Waals surface area contributed by atoms with Gasteiger partial charge in [-0.2, -0.15) is 0 Å². The Balaban J connectivity index is 2.29. The van der Waals surface area contributed by atoms with Crippen molar-refractivity contribution in [3.05, 3.63) is 24.3 Å². The van der Waals surface area contributed by atoms with Gasteiger partial charge in [0.2, 0.25) is 0 Å². The van der Waals surface area contributed by atoms with Gasteiger partial charge >= 0.3 is 0 Å². The molecule has 0 amide bonds. The topological polar surface area (TPSA) is 27.7 Å². The maximum Gasteiger partial charge on any atom is 0.191 e. The molecule has 0 heterocycles. The largest absolute Gasteiger partial charge is 0.496 e.